The summed E-state index contributed by atoms with van der Waals surface area (Å²) in [6.07, 6.45) is -4.51. The van der Waals surface area contributed by atoms with Gasteiger partial charge in [-0.25, -0.2) is 8.42 Å². The average molecular weight is 371 g/mol. The van der Waals surface area contributed by atoms with Crippen molar-refractivity contribution >= 4 is 21.6 Å². The van der Waals surface area contributed by atoms with Gasteiger partial charge >= 0.3 is 6.18 Å². The number of rotatable bonds is 3. The van der Waals surface area contributed by atoms with Crippen molar-refractivity contribution in [3.63, 3.8) is 0 Å². The van der Waals surface area contributed by atoms with Crippen LogP contribution in [0.4, 0.5) is 13.2 Å². The molecule has 1 aliphatic heterocycles. The smallest absolute Gasteiger partial charge is 0.311 e. The van der Waals surface area contributed by atoms with Crippen molar-refractivity contribution in [1.29, 1.82) is 0 Å². The summed E-state index contributed by atoms with van der Waals surface area (Å²) in [6.45, 7) is 4.51. The van der Waals surface area contributed by atoms with Gasteiger partial charge in [-0.2, -0.15) is 17.5 Å². The van der Waals surface area contributed by atoms with Gasteiger partial charge in [0.2, 0.25) is 10.0 Å². The molecule has 0 saturated carbocycles. The van der Waals surface area contributed by atoms with Crippen LogP contribution in [0, 0.1) is 0 Å². The molecular weight excluding hydrogens is 353 g/mol. The zero-order chi connectivity index (χ0) is 17.4. The summed E-state index contributed by atoms with van der Waals surface area (Å²) in [7, 11) is -3.66. The number of hydrogen-bond donors (Lipinski definition) is 1. The molecule has 1 aliphatic rings. The van der Waals surface area contributed by atoms with Crippen LogP contribution in [0.1, 0.15) is 25.0 Å². The van der Waals surface area contributed by atoms with E-state index in [0.29, 0.717) is 13.1 Å². The van der Waals surface area contributed by atoms with Crippen molar-refractivity contribution in [2.24, 2.45) is 0 Å². The maximum atomic E-state index is 12.6. The molecule has 23 heavy (non-hydrogen) atoms. The fraction of sp³-hybridized carbons (Fsp3) is 0.571. The van der Waals surface area contributed by atoms with E-state index in [2.05, 4.69) is 5.32 Å². The van der Waals surface area contributed by atoms with Crippen molar-refractivity contribution in [2.45, 2.75) is 37.9 Å². The Labute approximate surface area is 138 Å². The van der Waals surface area contributed by atoms with E-state index in [9.17, 15) is 21.6 Å². The lowest BCUT2D eigenvalue weighted by atomic mass is 10.1. The minimum atomic E-state index is -4.51. The van der Waals surface area contributed by atoms with E-state index >= 15 is 0 Å². The largest absolute Gasteiger partial charge is 0.416 e. The fourth-order valence-electron chi connectivity index (χ4n) is 2.50. The zero-order valence-electron chi connectivity index (χ0n) is 12.7. The molecule has 0 spiro atoms. The van der Waals surface area contributed by atoms with E-state index in [1.807, 2.05) is 6.92 Å². The summed E-state index contributed by atoms with van der Waals surface area (Å²) in [5, 5.41) is 2.98. The topological polar surface area (TPSA) is 49.4 Å². The van der Waals surface area contributed by atoms with E-state index in [1.54, 1.807) is 6.92 Å². The second-order valence-electron chi connectivity index (χ2n) is 5.79. The Morgan fingerprint density at radius 3 is 2.57 bits per heavy atom. The molecule has 1 N–H and O–H groups in total. The SMILES string of the molecule is CC1CN(S(=O)(=O)Cc2ccc(C(F)(F)F)cc2Cl)C(C)CN1. The van der Waals surface area contributed by atoms with Crippen molar-refractivity contribution < 1.29 is 21.6 Å². The van der Waals surface area contributed by atoms with E-state index in [-0.39, 0.29) is 22.7 Å². The van der Waals surface area contributed by atoms with Crippen molar-refractivity contribution in [1.82, 2.24) is 9.62 Å². The van der Waals surface area contributed by atoms with Gasteiger partial charge in [0, 0.05) is 30.2 Å². The molecule has 1 saturated heterocycles. The third-order valence-corrected chi connectivity index (χ3v) is 6.03. The van der Waals surface area contributed by atoms with E-state index in [0.717, 1.165) is 18.2 Å². The van der Waals surface area contributed by atoms with Crippen molar-refractivity contribution in [3.8, 4) is 0 Å². The first-order chi connectivity index (χ1) is 10.5. The Morgan fingerprint density at radius 2 is 2.00 bits per heavy atom. The third-order valence-electron chi connectivity index (χ3n) is 3.78. The maximum Gasteiger partial charge on any atom is 0.416 e. The molecule has 9 heteroatoms. The standard InChI is InChI=1S/C14H18ClF3N2O2S/c1-9-7-20(10(2)6-19-9)23(21,22)8-11-3-4-12(5-13(11)15)14(16,17)18/h3-5,9-10,19H,6-8H2,1-2H3. The van der Waals surface area contributed by atoms with E-state index in [1.165, 1.54) is 4.31 Å². The highest BCUT2D eigenvalue weighted by Crippen LogP contribution is 2.33. The maximum absolute atomic E-state index is 12.6. The highest BCUT2D eigenvalue weighted by atomic mass is 35.5. The normalized spacial score (nSPS) is 23.9. The average Bonchev–Trinajstić information content (AvgIpc) is 2.42. The van der Waals surface area contributed by atoms with Gasteiger partial charge in [0.05, 0.1) is 11.3 Å². The zero-order valence-corrected chi connectivity index (χ0v) is 14.3. The molecule has 1 aromatic rings. The lowest BCUT2D eigenvalue weighted by Gasteiger charge is -2.36. The molecule has 2 rings (SSSR count). The predicted molar refractivity (Wildman–Crippen MR) is 82.7 cm³/mol. The quantitative estimate of drug-likeness (QED) is 0.890. The lowest BCUT2D eigenvalue weighted by Crippen LogP contribution is -2.56. The van der Waals surface area contributed by atoms with Gasteiger partial charge in [0.1, 0.15) is 0 Å². The molecule has 0 aliphatic carbocycles. The van der Waals surface area contributed by atoms with Crippen LogP contribution in [0.2, 0.25) is 5.02 Å². The highest BCUT2D eigenvalue weighted by molar-refractivity contribution is 7.88. The summed E-state index contributed by atoms with van der Waals surface area (Å²) in [4.78, 5) is 0. The van der Waals surface area contributed by atoms with Crippen LogP contribution in [0.5, 0.6) is 0 Å². The highest BCUT2D eigenvalue weighted by Gasteiger charge is 2.34. The molecule has 0 amide bonds. The third kappa shape index (κ3) is 4.37. The molecule has 0 radical (unpaired) electrons. The first-order valence-corrected chi connectivity index (χ1v) is 9.08. The number of benzene rings is 1. The van der Waals surface area contributed by atoms with Gasteiger partial charge in [-0.1, -0.05) is 17.7 Å². The van der Waals surface area contributed by atoms with Crippen LogP contribution >= 0.6 is 11.6 Å². The number of nitrogens with one attached hydrogen (secondary N) is 1. The number of halogens is 4. The Balaban J connectivity index is 2.24. The van der Waals surface area contributed by atoms with Crippen molar-refractivity contribution in [3.05, 3.63) is 34.3 Å². The van der Waals surface area contributed by atoms with Gasteiger partial charge in [-0.05, 0) is 31.5 Å². The molecule has 1 heterocycles. The summed E-state index contributed by atoms with van der Waals surface area (Å²) < 4.78 is 64.4. The number of nitrogens with zero attached hydrogens (tertiary/aromatic N) is 1. The first-order valence-electron chi connectivity index (χ1n) is 7.09. The Morgan fingerprint density at radius 1 is 1.35 bits per heavy atom. The van der Waals surface area contributed by atoms with E-state index in [4.69, 9.17) is 11.6 Å². The van der Waals surface area contributed by atoms with Crippen LogP contribution in [0.15, 0.2) is 18.2 Å². The van der Waals surface area contributed by atoms with Crippen molar-refractivity contribution in [2.75, 3.05) is 13.1 Å². The van der Waals surface area contributed by atoms with E-state index < -0.39 is 27.5 Å². The van der Waals surface area contributed by atoms with Gasteiger partial charge < -0.3 is 5.32 Å². The second kappa shape index (κ2) is 6.58. The number of piperazine rings is 1. The van der Waals surface area contributed by atoms with Crippen LogP contribution in [0.3, 0.4) is 0 Å². The predicted octanol–water partition coefficient (Wildman–Crippen LogP) is 2.87. The monoisotopic (exact) mass is 370 g/mol. The summed E-state index contributed by atoms with van der Waals surface area (Å²) in [6, 6.07) is 2.53. The van der Waals surface area contributed by atoms with Crippen LogP contribution < -0.4 is 5.32 Å². The molecule has 2 atom stereocenters. The van der Waals surface area contributed by atoms with Gasteiger partial charge in [0.25, 0.3) is 0 Å². The minimum absolute atomic E-state index is 0.0176. The van der Waals surface area contributed by atoms with Gasteiger partial charge in [-0.3, -0.25) is 0 Å². The Hall–Kier alpha value is -0.830. The molecule has 130 valence electrons. The molecule has 1 aromatic carbocycles. The van der Waals surface area contributed by atoms with Gasteiger partial charge in [0.15, 0.2) is 0 Å². The van der Waals surface area contributed by atoms with Crippen LogP contribution in [-0.4, -0.2) is 37.9 Å². The summed E-state index contributed by atoms with van der Waals surface area (Å²) in [5.41, 5.74) is -0.731. The van der Waals surface area contributed by atoms with Gasteiger partial charge in [-0.15, -0.1) is 0 Å². The Kier molecular flexibility index (Phi) is 5.30. The molecule has 4 nitrogen and oxygen atoms in total. The number of alkyl halides is 3. The molecule has 0 aromatic heterocycles. The molecular formula is C14H18ClF3N2O2S. The first kappa shape index (κ1) is 18.5. The number of sulfonamides is 1. The molecule has 2 unspecified atom stereocenters. The second-order valence-corrected chi connectivity index (χ2v) is 8.12. The lowest BCUT2D eigenvalue weighted by molar-refractivity contribution is -0.137. The minimum Gasteiger partial charge on any atom is -0.311 e. The fourth-order valence-corrected chi connectivity index (χ4v) is 4.71. The molecule has 0 bridgehead atoms. The molecule has 1 fully saturated rings. The Bertz CT molecular complexity index is 679. The van der Waals surface area contributed by atoms with Crippen LogP contribution in [-0.2, 0) is 22.0 Å². The summed E-state index contributed by atoms with van der Waals surface area (Å²) >= 11 is 5.85. The summed E-state index contributed by atoms with van der Waals surface area (Å²) in [5.74, 6) is -0.416. The number of hydrogen-bond acceptors (Lipinski definition) is 3. The van der Waals surface area contributed by atoms with Crippen LogP contribution in [0.25, 0.3) is 0 Å².